The van der Waals surface area contributed by atoms with Crippen molar-refractivity contribution in [3.63, 3.8) is 0 Å². The van der Waals surface area contributed by atoms with E-state index in [2.05, 4.69) is 6.92 Å². The van der Waals surface area contributed by atoms with Crippen molar-refractivity contribution >= 4 is 23.2 Å². The zero-order valence-corrected chi connectivity index (χ0v) is 12.3. The smallest absolute Gasteiger partial charge is 0.0456 e. The Hall–Kier alpha value is -0.240. The Morgan fingerprint density at radius 2 is 1.83 bits per heavy atom. The van der Waals surface area contributed by atoms with Crippen LogP contribution in [0.2, 0.25) is 10.0 Å². The Morgan fingerprint density at radius 3 is 2.39 bits per heavy atom. The van der Waals surface area contributed by atoms with E-state index in [1.54, 1.807) is 0 Å². The van der Waals surface area contributed by atoms with E-state index in [0.717, 1.165) is 15.6 Å². The lowest BCUT2D eigenvalue weighted by Gasteiger charge is -2.35. The van der Waals surface area contributed by atoms with E-state index in [9.17, 15) is 0 Å². The molecular weight excluding hydrogens is 265 g/mol. The predicted molar refractivity (Wildman–Crippen MR) is 79.4 cm³/mol. The molecule has 0 aliphatic heterocycles. The second-order valence-corrected chi connectivity index (χ2v) is 6.22. The van der Waals surface area contributed by atoms with Crippen LogP contribution in [-0.2, 0) is 0 Å². The number of benzene rings is 1. The summed E-state index contributed by atoms with van der Waals surface area (Å²) >= 11 is 12.7. The van der Waals surface area contributed by atoms with E-state index < -0.39 is 0 Å². The third-order valence-corrected chi connectivity index (χ3v) is 4.98. The maximum Gasteiger partial charge on any atom is 0.0456 e. The summed E-state index contributed by atoms with van der Waals surface area (Å²) in [5.41, 5.74) is 7.08. The van der Waals surface area contributed by atoms with Crippen LogP contribution in [0, 0.1) is 11.8 Å². The molecule has 100 valence electrons. The van der Waals surface area contributed by atoms with Crippen LogP contribution in [-0.4, -0.2) is 6.54 Å². The Labute approximate surface area is 120 Å². The Bertz CT molecular complexity index is 385. The highest BCUT2D eigenvalue weighted by Gasteiger charge is 2.31. The fourth-order valence-electron chi connectivity index (χ4n) is 3.31. The molecule has 0 spiro atoms. The van der Waals surface area contributed by atoms with Crippen molar-refractivity contribution in [2.45, 2.75) is 38.5 Å². The molecule has 0 radical (unpaired) electrons. The largest absolute Gasteiger partial charge is 0.330 e. The normalized spacial score (nSPS) is 26.0. The van der Waals surface area contributed by atoms with Gasteiger partial charge in [0.05, 0.1) is 0 Å². The molecule has 1 fully saturated rings. The molecule has 1 nitrogen and oxygen atoms in total. The molecule has 3 heteroatoms. The average Bonchev–Trinajstić information content (AvgIpc) is 2.35. The van der Waals surface area contributed by atoms with Crippen molar-refractivity contribution in [1.82, 2.24) is 0 Å². The first-order chi connectivity index (χ1) is 8.65. The molecule has 0 saturated heterocycles. The summed E-state index contributed by atoms with van der Waals surface area (Å²) in [7, 11) is 0. The minimum atomic E-state index is 0.293. The standard InChI is InChI=1S/C15H21Cl2N/c1-10-5-2-3-6-11(10)12(9-18)15-13(16)7-4-8-14(15)17/h4,7-8,10-12H,2-3,5-6,9,18H2,1H3. The van der Waals surface area contributed by atoms with Crippen LogP contribution >= 0.6 is 23.2 Å². The van der Waals surface area contributed by atoms with Crippen LogP contribution < -0.4 is 5.73 Å². The first kappa shape index (κ1) is 14.2. The first-order valence-electron chi connectivity index (χ1n) is 6.79. The number of hydrogen-bond acceptors (Lipinski definition) is 1. The van der Waals surface area contributed by atoms with Gasteiger partial charge in [0.15, 0.2) is 0 Å². The summed E-state index contributed by atoms with van der Waals surface area (Å²) in [5.74, 6) is 1.61. The fraction of sp³-hybridized carbons (Fsp3) is 0.600. The quantitative estimate of drug-likeness (QED) is 0.843. The van der Waals surface area contributed by atoms with E-state index >= 15 is 0 Å². The Morgan fingerprint density at radius 1 is 1.22 bits per heavy atom. The molecule has 0 amide bonds. The lowest BCUT2D eigenvalue weighted by Crippen LogP contribution is -2.29. The van der Waals surface area contributed by atoms with E-state index in [0.29, 0.717) is 24.3 Å². The van der Waals surface area contributed by atoms with Crippen molar-refractivity contribution in [3.05, 3.63) is 33.8 Å². The molecule has 3 atom stereocenters. The van der Waals surface area contributed by atoms with Crippen molar-refractivity contribution < 1.29 is 0 Å². The maximum atomic E-state index is 6.33. The van der Waals surface area contributed by atoms with E-state index in [1.807, 2.05) is 18.2 Å². The van der Waals surface area contributed by atoms with Gasteiger partial charge < -0.3 is 5.73 Å². The third kappa shape index (κ3) is 2.84. The molecule has 3 unspecified atom stereocenters. The van der Waals surface area contributed by atoms with E-state index in [1.165, 1.54) is 25.7 Å². The molecule has 18 heavy (non-hydrogen) atoms. The third-order valence-electron chi connectivity index (χ3n) is 4.32. The Balaban J connectivity index is 2.32. The van der Waals surface area contributed by atoms with Crippen molar-refractivity contribution in [1.29, 1.82) is 0 Å². The van der Waals surface area contributed by atoms with Crippen molar-refractivity contribution in [3.8, 4) is 0 Å². The molecule has 1 aliphatic rings. The molecule has 2 N–H and O–H groups in total. The lowest BCUT2D eigenvalue weighted by molar-refractivity contribution is 0.219. The van der Waals surface area contributed by atoms with Crippen LogP contribution in [0.1, 0.15) is 44.1 Å². The molecule has 2 rings (SSSR count). The highest BCUT2D eigenvalue weighted by Crippen LogP contribution is 2.43. The summed E-state index contributed by atoms with van der Waals surface area (Å²) in [4.78, 5) is 0. The summed E-state index contributed by atoms with van der Waals surface area (Å²) in [6.45, 7) is 2.95. The topological polar surface area (TPSA) is 26.0 Å². The minimum absolute atomic E-state index is 0.293. The average molecular weight is 286 g/mol. The van der Waals surface area contributed by atoms with Gasteiger partial charge >= 0.3 is 0 Å². The molecule has 1 aliphatic carbocycles. The van der Waals surface area contributed by atoms with Crippen LogP contribution in [0.15, 0.2) is 18.2 Å². The summed E-state index contributed by atoms with van der Waals surface area (Å²) < 4.78 is 0. The van der Waals surface area contributed by atoms with Crippen LogP contribution in [0.25, 0.3) is 0 Å². The zero-order chi connectivity index (χ0) is 13.1. The second-order valence-electron chi connectivity index (χ2n) is 5.40. The highest BCUT2D eigenvalue weighted by molar-refractivity contribution is 6.36. The monoisotopic (exact) mass is 285 g/mol. The SMILES string of the molecule is CC1CCCCC1C(CN)c1c(Cl)cccc1Cl. The summed E-state index contributed by atoms with van der Waals surface area (Å²) in [5, 5.41) is 1.52. The second kappa shape index (κ2) is 6.27. The van der Waals surface area contributed by atoms with Gasteiger partial charge in [0.25, 0.3) is 0 Å². The van der Waals surface area contributed by atoms with E-state index in [4.69, 9.17) is 28.9 Å². The van der Waals surface area contributed by atoms with Gasteiger partial charge in [0, 0.05) is 16.0 Å². The van der Waals surface area contributed by atoms with Crippen LogP contribution in [0.4, 0.5) is 0 Å². The van der Waals surface area contributed by atoms with Gasteiger partial charge in [-0.2, -0.15) is 0 Å². The predicted octanol–water partition coefficient (Wildman–Crippen LogP) is 4.86. The molecule has 0 heterocycles. The van der Waals surface area contributed by atoms with Crippen molar-refractivity contribution in [2.24, 2.45) is 17.6 Å². The highest BCUT2D eigenvalue weighted by atomic mass is 35.5. The van der Waals surface area contributed by atoms with Gasteiger partial charge in [-0.1, -0.05) is 55.5 Å². The van der Waals surface area contributed by atoms with Gasteiger partial charge in [0.2, 0.25) is 0 Å². The maximum absolute atomic E-state index is 6.33. The zero-order valence-electron chi connectivity index (χ0n) is 10.8. The molecule has 1 saturated carbocycles. The number of nitrogens with two attached hydrogens (primary N) is 1. The Kier molecular flexibility index (Phi) is 4.94. The van der Waals surface area contributed by atoms with Gasteiger partial charge in [-0.15, -0.1) is 0 Å². The van der Waals surface area contributed by atoms with Gasteiger partial charge in [-0.25, -0.2) is 0 Å². The minimum Gasteiger partial charge on any atom is -0.330 e. The molecule has 1 aromatic rings. The lowest BCUT2D eigenvalue weighted by atomic mass is 9.71. The molecule has 0 bridgehead atoms. The number of hydrogen-bond donors (Lipinski definition) is 1. The number of rotatable bonds is 3. The molecule has 0 aromatic heterocycles. The van der Waals surface area contributed by atoms with Crippen molar-refractivity contribution in [2.75, 3.05) is 6.54 Å². The van der Waals surface area contributed by atoms with Gasteiger partial charge in [-0.05, 0) is 42.5 Å². The number of halogens is 2. The summed E-state index contributed by atoms with van der Waals surface area (Å²) in [6.07, 6.45) is 5.17. The summed E-state index contributed by atoms with van der Waals surface area (Å²) in [6, 6.07) is 5.73. The van der Waals surface area contributed by atoms with Crippen LogP contribution in [0.5, 0.6) is 0 Å². The molecule has 1 aromatic carbocycles. The van der Waals surface area contributed by atoms with E-state index in [-0.39, 0.29) is 0 Å². The first-order valence-corrected chi connectivity index (χ1v) is 7.54. The van der Waals surface area contributed by atoms with Crippen LogP contribution in [0.3, 0.4) is 0 Å². The van der Waals surface area contributed by atoms with Gasteiger partial charge in [0.1, 0.15) is 0 Å². The van der Waals surface area contributed by atoms with Gasteiger partial charge in [-0.3, -0.25) is 0 Å². The fourth-order valence-corrected chi connectivity index (χ4v) is 3.99. The molecular formula is C15H21Cl2N.